The van der Waals surface area contributed by atoms with Gasteiger partial charge in [-0.15, -0.1) is 0 Å². The van der Waals surface area contributed by atoms with Crippen molar-refractivity contribution < 1.29 is 0 Å². The Labute approximate surface area is 70.5 Å². The van der Waals surface area contributed by atoms with Crippen molar-refractivity contribution in [2.45, 2.75) is 6.92 Å². The largest absolute Gasteiger partial charge is 0.285 e. The van der Waals surface area contributed by atoms with Gasteiger partial charge in [0.25, 0.3) is 0 Å². The van der Waals surface area contributed by atoms with E-state index in [1.807, 2.05) is 19.2 Å². The molecule has 0 unspecified atom stereocenters. The fourth-order valence-corrected chi connectivity index (χ4v) is 1.09. The van der Waals surface area contributed by atoms with Gasteiger partial charge in [0.1, 0.15) is 0 Å². The van der Waals surface area contributed by atoms with Gasteiger partial charge in [-0.05, 0) is 25.1 Å². The van der Waals surface area contributed by atoms with Crippen LogP contribution < -0.4 is 0 Å². The summed E-state index contributed by atoms with van der Waals surface area (Å²) in [4.78, 5) is 4.19. The van der Waals surface area contributed by atoms with Crippen molar-refractivity contribution in [1.82, 2.24) is 15.2 Å². The first-order valence-corrected chi connectivity index (χ1v) is 3.71. The van der Waals surface area contributed by atoms with Gasteiger partial charge in [0.05, 0.1) is 11.4 Å². The Kier molecular flexibility index (Phi) is 1.63. The van der Waals surface area contributed by atoms with Crippen molar-refractivity contribution in [2.24, 2.45) is 0 Å². The molecule has 59 valence electrons. The van der Waals surface area contributed by atoms with E-state index in [-0.39, 0.29) is 0 Å². The minimum Gasteiger partial charge on any atom is -0.285 e. The Hall–Kier alpha value is -1.64. The van der Waals surface area contributed by atoms with E-state index in [0.29, 0.717) is 0 Å². The standard InChI is InChI=1S/C9H8N3/c1-7-8(6-11-12-7)9-4-2-3-5-10-9/h3-6H,1H3,(H,11,12). The average molecular weight is 158 g/mol. The number of hydrogen-bond donors (Lipinski definition) is 1. The molecule has 0 aliphatic rings. The number of hydrogen-bond acceptors (Lipinski definition) is 2. The van der Waals surface area contributed by atoms with Gasteiger partial charge < -0.3 is 0 Å². The molecule has 2 heterocycles. The molecule has 0 aliphatic heterocycles. The molecule has 1 N–H and O–H groups in total. The highest BCUT2D eigenvalue weighted by Crippen LogP contribution is 2.17. The number of aryl methyl sites for hydroxylation is 1. The zero-order chi connectivity index (χ0) is 8.39. The smallest absolute Gasteiger partial charge is 0.0742 e. The Morgan fingerprint density at radius 3 is 3.00 bits per heavy atom. The second-order valence-electron chi connectivity index (χ2n) is 2.53. The molecule has 0 amide bonds. The van der Waals surface area contributed by atoms with Crippen molar-refractivity contribution >= 4 is 0 Å². The first kappa shape index (κ1) is 7.03. The third-order valence-electron chi connectivity index (χ3n) is 1.71. The first-order valence-electron chi connectivity index (χ1n) is 3.71. The van der Waals surface area contributed by atoms with E-state index >= 15 is 0 Å². The highest BCUT2D eigenvalue weighted by Gasteiger charge is 2.02. The summed E-state index contributed by atoms with van der Waals surface area (Å²) in [6, 6.07) is 6.59. The van der Waals surface area contributed by atoms with Gasteiger partial charge >= 0.3 is 0 Å². The number of nitrogens with one attached hydrogen (secondary N) is 1. The van der Waals surface area contributed by atoms with Crippen LogP contribution in [0, 0.1) is 13.0 Å². The van der Waals surface area contributed by atoms with Gasteiger partial charge in [-0.1, -0.05) is 0 Å². The van der Waals surface area contributed by atoms with Crippen LogP contribution in [0.3, 0.4) is 0 Å². The first-order chi connectivity index (χ1) is 5.88. The van der Waals surface area contributed by atoms with Gasteiger partial charge in [0, 0.05) is 18.0 Å². The van der Waals surface area contributed by atoms with Gasteiger partial charge in [-0.25, -0.2) is 0 Å². The molecule has 0 saturated carbocycles. The molecule has 0 fully saturated rings. The zero-order valence-corrected chi connectivity index (χ0v) is 6.70. The molecule has 2 aromatic heterocycles. The topological polar surface area (TPSA) is 41.6 Å². The number of aromatic amines is 1. The van der Waals surface area contributed by atoms with Crippen molar-refractivity contribution in [2.75, 3.05) is 0 Å². The number of pyridine rings is 1. The molecular formula is C9H8N3. The van der Waals surface area contributed by atoms with E-state index in [4.69, 9.17) is 0 Å². The summed E-state index contributed by atoms with van der Waals surface area (Å²) in [5, 5.41) is 6.81. The lowest BCUT2D eigenvalue weighted by atomic mass is 10.2. The van der Waals surface area contributed by atoms with Crippen molar-refractivity contribution in [3.8, 4) is 11.3 Å². The average Bonchev–Trinajstić information content (AvgIpc) is 2.53. The summed E-state index contributed by atoms with van der Waals surface area (Å²) >= 11 is 0. The van der Waals surface area contributed by atoms with Crippen LogP contribution in [-0.4, -0.2) is 15.2 Å². The molecule has 12 heavy (non-hydrogen) atoms. The quantitative estimate of drug-likeness (QED) is 0.684. The minimum absolute atomic E-state index is 0.906. The fraction of sp³-hybridized carbons (Fsp3) is 0.111. The molecule has 3 nitrogen and oxygen atoms in total. The second-order valence-corrected chi connectivity index (χ2v) is 2.53. The Bertz CT molecular complexity index is 364. The van der Waals surface area contributed by atoms with Crippen LogP contribution in [-0.2, 0) is 0 Å². The molecule has 0 aliphatic carbocycles. The van der Waals surface area contributed by atoms with Crippen molar-refractivity contribution in [3.63, 3.8) is 0 Å². The number of nitrogens with zero attached hydrogens (tertiary/aromatic N) is 2. The van der Waals surface area contributed by atoms with Crippen LogP contribution in [0.1, 0.15) is 5.69 Å². The summed E-state index contributed by atoms with van der Waals surface area (Å²) in [7, 11) is 0. The highest BCUT2D eigenvalue weighted by atomic mass is 15.1. The number of H-pyrrole nitrogens is 1. The highest BCUT2D eigenvalue weighted by molar-refractivity contribution is 5.59. The van der Waals surface area contributed by atoms with Crippen LogP contribution in [0.4, 0.5) is 0 Å². The molecular weight excluding hydrogens is 150 g/mol. The van der Waals surface area contributed by atoms with Crippen LogP contribution in [0.5, 0.6) is 0 Å². The SMILES string of the molecule is Cc1n[nH]cc1-c1c[c]ccn1. The lowest BCUT2D eigenvalue weighted by molar-refractivity contribution is 1.05. The summed E-state index contributed by atoms with van der Waals surface area (Å²) in [5.74, 6) is 0. The Morgan fingerprint density at radius 1 is 1.50 bits per heavy atom. The molecule has 2 rings (SSSR count). The molecule has 3 heteroatoms. The van der Waals surface area contributed by atoms with Crippen LogP contribution in [0.2, 0.25) is 0 Å². The minimum atomic E-state index is 0.906. The van der Waals surface area contributed by atoms with Crippen molar-refractivity contribution in [3.05, 3.63) is 36.3 Å². The zero-order valence-electron chi connectivity index (χ0n) is 6.70. The molecule has 2 aromatic rings. The van der Waals surface area contributed by atoms with E-state index in [1.54, 1.807) is 12.3 Å². The van der Waals surface area contributed by atoms with Crippen molar-refractivity contribution in [1.29, 1.82) is 0 Å². The molecule has 0 saturated heterocycles. The normalized spacial score (nSPS) is 10.1. The molecule has 0 bridgehead atoms. The monoisotopic (exact) mass is 158 g/mol. The molecule has 0 aromatic carbocycles. The lowest BCUT2D eigenvalue weighted by Gasteiger charge is -1.94. The predicted octanol–water partition coefficient (Wildman–Crippen LogP) is 1.58. The molecule has 0 atom stereocenters. The third kappa shape index (κ3) is 1.09. The maximum atomic E-state index is 4.19. The van der Waals surface area contributed by atoms with E-state index in [0.717, 1.165) is 17.0 Å². The summed E-state index contributed by atoms with van der Waals surface area (Å²) in [6.07, 6.45) is 3.56. The predicted molar refractivity (Wildman–Crippen MR) is 45.4 cm³/mol. The lowest BCUT2D eigenvalue weighted by Crippen LogP contribution is -1.81. The molecule has 1 radical (unpaired) electrons. The van der Waals surface area contributed by atoms with E-state index < -0.39 is 0 Å². The van der Waals surface area contributed by atoms with Crippen LogP contribution in [0.15, 0.2) is 24.5 Å². The van der Waals surface area contributed by atoms with Gasteiger partial charge in [-0.2, -0.15) is 5.10 Å². The van der Waals surface area contributed by atoms with E-state index in [1.165, 1.54) is 0 Å². The van der Waals surface area contributed by atoms with Gasteiger partial charge in [-0.3, -0.25) is 10.1 Å². The number of aromatic nitrogens is 3. The summed E-state index contributed by atoms with van der Waals surface area (Å²) in [5.41, 5.74) is 2.90. The maximum absolute atomic E-state index is 4.19. The Balaban J connectivity index is 2.51. The fourth-order valence-electron chi connectivity index (χ4n) is 1.09. The summed E-state index contributed by atoms with van der Waals surface area (Å²) < 4.78 is 0. The number of rotatable bonds is 1. The van der Waals surface area contributed by atoms with E-state index in [2.05, 4.69) is 21.2 Å². The third-order valence-corrected chi connectivity index (χ3v) is 1.71. The Morgan fingerprint density at radius 2 is 2.42 bits per heavy atom. The second kappa shape index (κ2) is 2.77. The van der Waals surface area contributed by atoms with Crippen LogP contribution >= 0.6 is 0 Å². The molecule has 0 spiro atoms. The van der Waals surface area contributed by atoms with Gasteiger partial charge in [0.15, 0.2) is 0 Å². The van der Waals surface area contributed by atoms with Crippen LogP contribution in [0.25, 0.3) is 11.3 Å². The van der Waals surface area contributed by atoms with E-state index in [9.17, 15) is 0 Å². The maximum Gasteiger partial charge on any atom is 0.0742 e. The van der Waals surface area contributed by atoms with Gasteiger partial charge in [0.2, 0.25) is 0 Å². The summed E-state index contributed by atoms with van der Waals surface area (Å²) in [6.45, 7) is 1.94.